The van der Waals surface area contributed by atoms with Crippen molar-refractivity contribution in [3.63, 3.8) is 0 Å². The van der Waals surface area contributed by atoms with Gasteiger partial charge in [-0.1, -0.05) is 0 Å². The minimum absolute atomic E-state index is 0.550. The van der Waals surface area contributed by atoms with Crippen molar-refractivity contribution in [2.45, 2.75) is 31.5 Å². The molecule has 3 unspecified atom stereocenters. The molecule has 0 fully saturated rings. The Kier molecular flexibility index (Phi) is 5.40. The quantitative estimate of drug-likeness (QED) is 0.348. The van der Waals surface area contributed by atoms with E-state index in [1.807, 2.05) is 5.32 Å². The zero-order chi connectivity index (χ0) is 12.9. The zero-order valence-electron chi connectivity index (χ0n) is 8.58. The lowest BCUT2D eigenvalue weighted by Crippen LogP contribution is -2.49. The number of aliphatic carboxylic acids is 2. The number of carbonyl (C=O) groups is 3. The van der Waals surface area contributed by atoms with Gasteiger partial charge in [0.2, 0.25) is 5.91 Å². The lowest BCUT2D eigenvalue weighted by atomic mass is 10.1. The van der Waals surface area contributed by atoms with E-state index in [4.69, 9.17) is 21.1 Å². The minimum atomic E-state index is -1.48. The number of aliphatic hydroxyl groups is 1. The van der Waals surface area contributed by atoms with Gasteiger partial charge in [-0.15, -0.1) is 0 Å². The van der Waals surface area contributed by atoms with Gasteiger partial charge in [0, 0.05) is 0 Å². The monoisotopic (exact) mass is 234 g/mol. The Balaban J connectivity index is 4.31. The molecule has 0 saturated heterocycles. The SMILES string of the molecule is CC(O)C(NC(=O)CC(N)C(=O)O)C(=O)O. The Morgan fingerprint density at radius 2 is 1.75 bits per heavy atom. The number of nitrogens with two attached hydrogens (primary N) is 1. The summed E-state index contributed by atoms with van der Waals surface area (Å²) in [6, 6.07) is -2.88. The Hall–Kier alpha value is -1.67. The van der Waals surface area contributed by atoms with Crippen LogP contribution < -0.4 is 11.1 Å². The summed E-state index contributed by atoms with van der Waals surface area (Å²) in [5.74, 6) is -3.62. The smallest absolute Gasteiger partial charge is 0.328 e. The highest BCUT2D eigenvalue weighted by Crippen LogP contribution is 1.96. The average molecular weight is 234 g/mol. The first kappa shape index (κ1) is 14.3. The maximum absolute atomic E-state index is 11.1. The third kappa shape index (κ3) is 4.71. The molecule has 0 aromatic rings. The molecule has 3 atom stereocenters. The van der Waals surface area contributed by atoms with Gasteiger partial charge in [0.25, 0.3) is 0 Å². The maximum Gasteiger partial charge on any atom is 0.328 e. The molecule has 0 aliphatic rings. The lowest BCUT2D eigenvalue weighted by molar-refractivity contribution is -0.145. The van der Waals surface area contributed by atoms with Gasteiger partial charge in [-0.25, -0.2) is 4.79 Å². The summed E-state index contributed by atoms with van der Waals surface area (Å²) in [6.07, 6.45) is -1.84. The first-order chi connectivity index (χ1) is 7.25. The molecule has 8 nitrogen and oxygen atoms in total. The third-order valence-corrected chi connectivity index (χ3v) is 1.79. The van der Waals surface area contributed by atoms with Crippen LogP contribution in [0.5, 0.6) is 0 Å². The first-order valence-electron chi connectivity index (χ1n) is 4.44. The van der Waals surface area contributed by atoms with Gasteiger partial charge < -0.3 is 26.4 Å². The number of amides is 1. The summed E-state index contributed by atoms with van der Waals surface area (Å²) in [7, 11) is 0. The lowest BCUT2D eigenvalue weighted by Gasteiger charge is -2.17. The van der Waals surface area contributed by atoms with E-state index in [2.05, 4.69) is 0 Å². The van der Waals surface area contributed by atoms with Crippen molar-refractivity contribution < 1.29 is 29.7 Å². The molecule has 0 aromatic heterocycles. The zero-order valence-corrected chi connectivity index (χ0v) is 8.58. The fourth-order valence-corrected chi connectivity index (χ4v) is 0.908. The van der Waals surface area contributed by atoms with Crippen molar-refractivity contribution in [1.82, 2.24) is 5.32 Å². The fourth-order valence-electron chi connectivity index (χ4n) is 0.908. The normalized spacial score (nSPS) is 15.9. The van der Waals surface area contributed by atoms with Crippen molar-refractivity contribution in [3.8, 4) is 0 Å². The van der Waals surface area contributed by atoms with Crippen LogP contribution in [0.1, 0.15) is 13.3 Å². The number of aliphatic hydroxyl groups excluding tert-OH is 1. The Bertz CT molecular complexity index is 290. The Morgan fingerprint density at radius 1 is 1.25 bits per heavy atom. The van der Waals surface area contributed by atoms with Crippen LogP contribution in [0, 0.1) is 0 Å². The summed E-state index contributed by atoms with van der Waals surface area (Å²) in [6.45, 7) is 1.19. The topological polar surface area (TPSA) is 150 Å². The number of hydrogen-bond donors (Lipinski definition) is 5. The highest BCUT2D eigenvalue weighted by molar-refractivity contribution is 5.87. The van der Waals surface area contributed by atoms with E-state index in [-0.39, 0.29) is 0 Å². The standard InChI is InChI=1S/C8H14N2O6/c1-3(11)6(8(15)16)10-5(12)2-4(9)7(13)14/h3-4,6,11H,2,9H2,1H3,(H,10,12)(H,13,14)(H,15,16). The molecule has 16 heavy (non-hydrogen) atoms. The second-order valence-electron chi connectivity index (χ2n) is 3.27. The van der Waals surface area contributed by atoms with E-state index in [9.17, 15) is 14.4 Å². The number of nitrogens with one attached hydrogen (secondary N) is 1. The van der Waals surface area contributed by atoms with E-state index in [0.717, 1.165) is 0 Å². The number of carboxylic acid groups (broad SMARTS) is 2. The average Bonchev–Trinajstić information content (AvgIpc) is 2.12. The van der Waals surface area contributed by atoms with E-state index < -0.39 is 42.5 Å². The molecular formula is C8H14N2O6. The fraction of sp³-hybridized carbons (Fsp3) is 0.625. The van der Waals surface area contributed by atoms with E-state index in [0.29, 0.717) is 0 Å². The number of rotatable bonds is 6. The van der Waals surface area contributed by atoms with Gasteiger partial charge in [-0.2, -0.15) is 0 Å². The van der Waals surface area contributed by atoms with Crippen LogP contribution in [0.25, 0.3) is 0 Å². The van der Waals surface area contributed by atoms with Crippen LogP contribution in [0.2, 0.25) is 0 Å². The summed E-state index contributed by atoms with van der Waals surface area (Å²) < 4.78 is 0. The molecule has 1 amide bonds. The van der Waals surface area contributed by atoms with E-state index >= 15 is 0 Å². The summed E-state index contributed by atoms with van der Waals surface area (Å²) in [5.41, 5.74) is 5.08. The van der Waals surface area contributed by atoms with E-state index in [1.54, 1.807) is 0 Å². The number of hydrogen-bond acceptors (Lipinski definition) is 5. The van der Waals surface area contributed by atoms with Crippen LogP contribution in [0.15, 0.2) is 0 Å². The molecule has 0 bridgehead atoms. The minimum Gasteiger partial charge on any atom is -0.480 e. The van der Waals surface area contributed by atoms with Gasteiger partial charge in [0.1, 0.15) is 6.04 Å². The van der Waals surface area contributed by atoms with Crippen molar-refractivity contribution in [1.29, 1.82) is 0 Å². The first-order valence-corrected chi connectivity index (χ1v) is 4.44. The van der Waals surface area contributed by atoms with E-state index in [1.165, 1.54) is 6.92 Å². The molecule has 0 heterocycles. The van der Waals surface area contributed by atoms with Crippen LogP contribution in [0.4, 0.5) is 0 Å². The van der Waals surface area contributed by atoms with Gasteiger partial charge >= 0.3 is 11.9 Å². The molecule has 8 heteroatoms. The van der Waals surface area contributed by atoms with Crippen molar-refractivity contribution in [2.75, 3.05) is 0 Å². The molecule has 0 aliphatic carbocycles. The van der Waals surface area contributed by atoms with Gasteiger partial charge in [0.05, 0.1) is 12.5 Å². The highest BCUT2D eigenvalue weighted by Gasteiger charge is 2.26. The second kappa shape index (κ2) is 6.03. The van der Waals surface area contributed by atoms with Crippen molar-refractivity contribution >= 4 is 17.8 Å². The predicted octanol–water partition coefficient (Wildman–Crippen LogP) is -2.26. The van der Waals surface area contributed by atoms with Crippen LogP contribution >= 0.6 is 0 Å². The highest BCUT2D eigenvalue weighted by atomic mass is 16.4. The molecule has 6 N–H and O–H groups in total. The van der Waals surface area contributed by atoms with Crippen molar-refractivity contribution in [3.05, 3.63) is 0 Å². The Labute approximate surface area is 91.1 Å². The van der Waals surface area contributed by atoms with Crippen molar-refractivity contribution in [2.24, 2.45) is 5.73 Å². The molecule has 92 valence electrons. The second-order valence-corrected chi connectivity index (χ2v) is 3.27. The molecule has 0 radical (unpaired) electrons. The summed E-state index contributed by atoms with van der Waals surface area (Å²) in [5, 5.41) is 28.0. The molecule has 0 aliphatic heterocycles. The molecule has 0 saturated carbocycles. The molecule has 0 aromatic carbocycles. The summed E-state index contributed by atoms with van der Waals surface area (Å²) in [4.78, 5) is 32.0. The predicted molar refractivity (Wildman–Crippen MR) is 51.5 cm³/mol. The van der Waals surface area contributed by atoms with Crippen LogP contribution in [0.3, 0.4) is 0 Å². The molecule has 0 rings (SSSR count). The van der Waals surface area contributed by atoms with Gasteiger partial charge in [-0.05, 0) is 6.92 Å². The third-order valence-electron chi connectivity index (χ3n) is 1.79. The number of carboxylic acids is 2. The molecule has 0 spiro atoms. The van der Waals surface area contributed by atoms with Crippen LogP contribution in [-0.2, 0) is 14.4 Å². The number of carbonyl (C=O) groups excluding carboxylic acids is 1. The Morgan fingerprint density at radius 3 is 2.06 bits per heavy atom. The van der Waals surface area contributed by atoms with Crippen LogP contribution in [-0.4, -0.2) is 51.4 Å². The largest absolute Gasteiger partial charge is 0.480 e. The maximum atomic E-state index is 11.1. The summed E-state index contributed by atoms with van der Waals surface area (Å²) >= 11 is 0. The molecular weight excluding hydrogens is 220 g/mol. The van der Waals surface area contributed by atoms with Gasteiger partial charge in [-0.3, -0.25) is 9.59 Å². The van der Waals surface area contributed by atoms with Gasteiger partial charge in [0.15, 0.2) is 6.04 Å².